The number of aliphatic hydroxyl groups is 2. The van der Waals surface area contributed by atoms with E-state index in [9.17, 15) is 19.2 Å². The maximum absolute atomic E-state index is 11.4. The summed E-state index contributed by atoms with van der Waals surface area (Å²) in [7, 11) is 2.80. The van der Waals surface area contributed by atoms with Gasteiger partial charge in [-0.3, -0.25) is 9.59 Å². The molecule has 8 nitrogen and oxygen atoms in total. The highest BCUT2D eigenvalue weighted by molar-refractivity contribution is 5.88. The molecule has 0 aliphatic rings. The molecule has 8 heteroatoms. The van der Waals surface area contributed by atoms with E-state index in [4.69, 9.17) is 19.7 Å². The number of aliphatic hydroxyl groups excluding tert-OH is 2. The second-order valence-electron chi connectivity index (χ2n) is 27.3. The van der Waals surface area contributed by atoms with E-state index in [1.807, 2.05) is 101 Å². The van der Waals surface area contributed by atoms with Crippen LogP contribution >= 0.6 is 0 Å². The molecule has 0 bridgehead atoms. The second-order valence-corrected chi connectivity index (χ2v) is 27.3. The van der Waals surface area contributed by atoms with Crippen molar-refractivity contribution in [1.82, 2.24) is 0 Å². The molecule has 0 radical (unpaired) electrons. The van der Waals surface area contributed by atoms with E-state index in [2.05, 4.69) is 278 Å². The number of hydrogen-bond acceptors (Lipinski definition) is 8. The highest BCUT2D eigenvalue weighted by Crippen LogP contribution is 2.14. The van der Waals surface area contributed by atoms with Crippen molar-refractivity contribution in [2.24, 2.45) is 0 Å². The Labute approximate surface area is 669 Å². The molecule has 0 saturated carbocycles. The largest absolute Gasteiger partial charge is 0.466 e. The highest BCUT2D eigenvalue weighted by atomic mass is 16.5. The van der Waals surface area contributed by atoms with Crippen LogP contribution in [0.4, 0.5) is 0 Å². The number of carbonyl (C=O) groups is 4. The van der Waals surface area contributed by atoms with Gasteiger partial charge in [-0.1, -0.05) is 369 Å². The molecule has 0 spiro atoms. The van der Waals surface area contributed by atoms with E-state index in [1.54, 1.807) is 39.8 Å². The van der Waals surface area contributed by atoms with Crippen molar-refractivity contribution >= 4 is 24.5 Å². The fraction of sp³-hybridized carbons (Fsp3) is 0.314. The molecule has 0 rings (SSSR count). The summed E-state index contributed by atoms with van der Waals surface area (Å²) >= 11 is 0. The minimum atomic E-state index is -0.271. The van der Waals surface area contributed by atoms with Gasteiger partial charge in [0.15, 0.2) is 0 Å². The molecule has 0 heterocycles. The maximum Gasteiger partial charge on any atom is 0.333 e. The third-order valence-electron chi connectivity index (χ3n) is 15.7. The van der Waals surface area contributed by atoms with Crippen LogP contribution in [-0.4, -0.2) is 62.2 Å². The van der Waals surface area contributed by atoms with Gasteiger partial charge in [-0.05, 0) is 201 Å². The van der Waals surface area contributed by atoms with Crippen molar-refractivity contribution in [2.75, 3.05) is 27.4 Å². The van der Waals surface area contributed by atoms with Crippen LogP contribution in [0.15, 0.2) is 391 Å². The van der Waals surface area contributed by atoms with Crippen LogP contribution in [0.1, 0.15) is 191 Å². The zero-order valence-electron chi connectivity index (χ0n) is 71.1. The Balaban J connectivity index is -0.000000815. The van der Waals surface area contributed by atoms with Gasteiger partial charge >= 0.3 is 11.9 Å². The summed E-state index contributed by atoms with van der Waals surface area (Å²) in [4.78, 5) is 43.7. The number of carbonyl (C=O) groups excluding carboxylic acids is 4. The van der Waals surface area contributed by atoms with Crippen molar-refractivity contribution in [3.05, 3.63) is 391 Å². The standard InChI is InChI=1S/C42H56O4.C40H56O2.C20H24O2.H2/c1-33(21-13-23-35(3)25-15-27-37(5)29-17-31-39(7)41(43)45-9)19-11-12-20-34(2)22-14-24-36(4)26-16-28-38(6)30-18-32-40(8)42(44)46-10;1-33(19-11-21-35(3)23-13-25-37(5)27-15-29-39(7)31-41)17-9-10-18-34(2)20-12-22-36(4)24-14-26-38(6)28-16-30-40(8)32-42;1-17(11-7-13-19(3)15-21)9-5-6-10-18(2)12-8-14-20(4)16-22;/h11-16,19-28,31-32H,17-18,29-30H2,1-10H3;9-14,17-26,29-30,41-42H,15-16,27-28,31-32H2,1-8H3;5-16H,1-4H3;1H/b12-11+,21-13+,22-14+,25-15+,26-16+,33-19+,34-20+,35-23+,36-24+,37-27+,38-28+,39-31+,40-32+;10-9+,19-11+,20-12+,23-13+,24-14+,33-17+,34-18+,35-21+,36-22+,37-25+,38-26+,39-29+,40-30+;6-5+,11-7+,12-8+,17-9+,18-10+,19-13+,20-14+;. The summed E-state index contributed by atoms with van der Waals surface area (Å²) in [6.07, 6.45) is 103. The summed E-state index contributed by atoms with van der Waals surface area (Å²) < 4.78 is 9.44. The van der Waals surface area contributed by atoms with Crippen molar-refractivity contribution in [3.8, 4) is 0 Å². The summed E-state index contributed by atoms with van der Waals surface area (Å²) in [5.41, 5.74) is 21.6. The molecular formula is C102H138O8. The Hall–Kier alpha value is -10.4. The van der Waals surface area contributed by atoms with Crippen LogP contribution in [0.5, 0.6) is 0 Å². The van der Waals surface area contributed by atoms with Crippen LogP contribution in [0.2, 0.25) is 0 Å². The number of hydrogen-bond donors (Lipinski definition) is 2. The summed E-state index contributed by atoms with van der Waals surface area (Å²) in [5.74, 6) is -0.542. The van der Waals surface area contributed by atoms with E-state index in [0.717, 1.165) is 86.2 Å². The van der Waals surface area contributed by atoms with Crippen molar-refractivity contribution in [2.45, 2.75) is 190 Å². The molecule has 0 saturated heterocycles. The first-order valence-electron chi connectivity index (χ1n) is 37.9. The monoisotopic (exact) mass is 1490 g/mol. The molecule has 0 aromatic heterocycles. The lowest BCUT2D eigenvalue weighted by molar-refractivity contribution is -0.136. The van der Waals surface area contributed by atoms with Crippen molar-refractivity contribution < 1.29 is 40.3 Å². The predicted octanol–water partition coefficient (Wildman–Crippen LogP) is 27.2. The number of aldehydes is 2. The number of ether oxygens (including phenoxy) is 2. The molecule has 2 N–H and O–H groups in total. The van der Waals surface area contributed by atoms with Crippen LogP contribution in [0.3, 0.4) is 0 Å². The third-order valence-corrected chi connectivity index (χ3v) is 15.7. The summed E-state index contributed by atoms with van der Waals surface area (Å²) in [6.45, 7) is 40.5. The number of esters is 2. The smallest absolute Gasteiger partial charge is 0.333 e. The van der Waals surface area contributed by atoms with Gasteiger partial charge in [0, 0.05) is 12.6 Å². The van der Waals surface area contributed by atoms with E-state index in [-0.39, 0.29) is 26.6 Å². The lowest BCUT2D eigenvalue weighted by Crippen LogP contribution is -2.01. The minimum Gasteiger partial charge on any atom is -0.466 e. The molecule has 0 unspecified atom stereocenters. The van der Waals surface area contributed by atoms with Crippen LogP contribution in [0.25, 0.3) is 0 Å². The van der Waals surface area contributed by atoms with Gasteiger partial charge in [0.1, 0.15) is 12.6 Å². The Kier molecular flexibility index (Phi) is 66.3. The van der Waals surface area contributed by atoms with E-state index < -0.39 is 0 Å². The fourth-order valence-corrected chi connectivity index (χ4v) is 8.52. The molecule has 0 atom stereocenters. The molecule has 0 aromatic rings. The minimum absolute atomic E-state index is 0. The Morgan fingerprint density at radius 2 is 0.400 bits per heavy atom. The van der Waals surface area contributed by atoms with E-state index in [1.165, 1.54) is 81.1 Å². The van der Waals surface area contributed by atoms with Gasteiger partial charge in [0.05, 0.1) is 27.4 Å². The number of rotatable bonds is 44. The van der Waals surface area contributed by atoms with Gasteiger partial charge in [0.25, 0.3) is 0 Å². The second kappa shape index (κ2) is 70.3. The van der Waals surface area contributed by atoms with Gasteiger partial charge in [0.2, 0.25) is 0 Å². The molecular weight excluding hydrogens is 1350 g/mol. The van der Waals surface area contributed by atoms with E-state index in [0.29, 0.717) is 22.3 Å². The van der Waals surface area contributed by atoms with E-state index >= 15 is 0 Å². The number of methoxy groups -OCH3 is 2. The highest BCUT2D eigenvalue weighted by Gasteiger charge is 2.03. The zero-order chi connectivity index (χ0) is 83.1. The fourth-order valence-electron chi connectivity index (χ4n) is 8.52. The Bertz CT molecular complexity index is 3690. The van der Waals surface area contributed by atoms with Gasteiger partial charge in [-0.2, -0.15) is 0 Å². The van der Waals surface area contributed by atoms with Gasteiger partial charge in [-0.15, -0.1) is 0 Å². The van der Waals surface area contributed by atoms with Gasteiger partial charge in [-0.25, -0.2) is 9.59 Å². The summed E-state index contributed by atoms with van der Waals surface area (Å²) in [5, 5.41) is 18.1. The molecule has 110 heavy (non-hydrogen) atoms. The SMILES string of the molecule is CC(/C=C/C=C(C)/C=C/C=C(\C)CC/C=C(\C)CO)=C\C=C\C=C(C)\C=C\C=C(C)\C=C\C=C(/C)CC/C=C(\C)CO.COC(=O)/C(C)=C/CC/C(C)=C/C=C/C(C)=C/C=C/C(C)=C/C=C/C=C(C)/C=C/C=C(C)/C=C/C=C(\C)CC/C=C(\C)C(=O)OC.C\C(C=O)=C/C=C/C(C)=C/C=C/C=C(C)/C=C/C=C(\C)C=O.[HH]. The molecule has 0 fully saturated rings. The lowest BCUT2D eigenvalue weighted by atomic mass is 10.1. The first-order valence-corrected chi connectivity index (χ1v) is 37.9. The third kappa shape index (κ3) is 69.4. The maximum atomic E-state index is 11.4. The lowest BCUT2D eigenvalue weighted by Gasteiger charge is -1.99. The van der Waals surface area contributed by atoms with Crippen molar-refractivity contribution in [3.63, 3.8) is 0 Å². The van der Waals surface area contributed by atoms with Crippen LogP contribution in [0, 0.1) is 0 Å². The topological polar surface area (TPSA) is 127 Å². The Morgan fingerprint density at radius 3 is 0.573 bits per heavy atom. The first-order chi connectivity index (χ1) is 52.4. The quantitative estimate of drug-likeness (QED) is 0.0203. The molecule has 0 aliphatic heterocycles. The molecule has 0 aliphatic carbocycles. The summed E-state index contributed by atoms with van der Waals surface area (Å²) in [6, 6.07) is 0. The van der Waals surface area contributed by atoms with Gasteiger partial charge < -0.3 is 19.7 Å². The van der Waals surface area contributed by atoms with Crippen molar-refractivity contribution in [1.29, 1.82) is 0 Å². The predicted molar refractivity (Wildman–Crippen MR) is 483 cm³/mol. The first kappa shape index (κ1) is 104. The zero-order valence-corrected chi connectivity index (χ0v) is 71.1. The molecule has 0 aromatic carbocycles. The molecule has 594 valence electrons. The molecule has 0 amide bonds. The average molecular weight is 1490 g/mol. The van der Waals surface area contributed by atoms with Crippen LogP contribution in [-0.2, 0) is 28.7 Å². The Morgan fingerprint density at radius 1 is 0.236 bits per heavy atom. The van der Waals surface area contributed by atoms with Crippen LogP contribution < -0.4 is 0 Å². The average Bonchev–Trinajstić information content (AvgIpc) is 0.990. The normalized spacial score (nSPS) is 15.7. The number of allylic oxidation sites excluding steroid dienone is 62.